The van der Waals surface area contributed by atoms with Crippen LogP contribution in [0.25, 0.3) is 0 Å². The molecule has 0 spiro atoms. The largest absolute Gasteiger partial charge is 0.342 e. The molecule has 6 heteroatoms. The van der Waals surface area contributed by atoms with Gasteiger partial charge < -0.3 is 9.69 Å². The lowest BCUT2D eigenvalue weighted by molar-refractivity contribution is -0.108. The number of halogens is 1. The zero-order chi connectivity index (χ0) is 15.1. The van der Waals surface area contributed by atoms with Gasteiger partial charge in [-0.25, -0.2) is 9.80 Å². The van der Waals surface area contributed by atoms with E-state index in [1.165, 1.54) is 9.91 Å². The minimum Gasteiger partial charge on any atom is -0.306 e. The lowest BCUT2D eigenvalue weighted by Gasteiger charge is -2.29. The van der Waals surface area contributed by atoms with Gasteiger partial charge in [0.15, 0.2) is 0 Å². The third-order valence-electron chi connectivity index (χ3n) is 2.98. The number of hydrogen-bond acceptors (Lipinski definition) is 3. The number of nitrogens with zero attached hydrogens (tertiary/aromatic N) is 3. The molecular weight excluding hydrogens is 322 g/mol. The van der Waals surface area contributed by atoms with E-state index in [9.17, 15) is 9.59 Å². The van der Waals surface area contributed by atoms with E-state index in [1.54, 1.807) is 0 Å². The molecule has 1 aromatic carbocycles. The molecule has 0 heterocycles. The van der Waals surface area contributed by atoms with Crippen LogP contribution in [0, 0.1) is 6.92 Å². The van der Waals surface area contributed by atoms with Gasteiger partial charge in [-0.3, -0.25) is 0 Å². The smallest absolute Gasteiger partial charge is 0.306 e. The van der Waals surface area contributed by atoms with Crippen molar-refractivity contribution in [1.29, 1.82) is 0 Å². The van der Waals surface area contributed by atoms with Crippen LogP contribution in [0.15, 0.2) is 29.4 Å². The quantitative estimate of drug-likeness (QED) is 0.263. The van der Waals surface area contributed by atoms with Gasteiger partial charge >= 0.3 is 6.03 Å². The highest BCUT2D eigenvalue weighted by Crippen LogP contribution is 2.22. The van der Waals surface area contributed by atoms with Gasteiger partial charge in [0.25, 0.3) is 0 Å². The van der Waals surface area contributed by atoms with Crippen LogP contribution in [0.4, 0.5) is 4.79 Å². The van der Waals surface area contributed by atoms with Gasteiger partial charge in [0.1, 0.15) is 6.29 Å². The van der Waals surface area contributed by atoms with Crippen molar-refractivity contribution in [3.63, 3.8) is 0 Å². The molecule has 0 bridgehead atoms. The Balaban J connectivity index is 2.93. The Hall–Kier alpha value is -1.69. The molecule has 108 valence electrons. The first-order chi connectivity index (χ1) is 9.54. The molecule has 5 nitrogen and oxygen atoms in total. The molecule has 1 rings (SSSR count). The van der Waals surface area contributed by atoms with Gasteiger partial charge in [-0.05, 0) is 19.4 Å². The topological polar surface area (TPSA) is 53.0 Å². The number of hydrazone groups is 1. The first-order valence-corrected chi connectivity index (χ1v) is 7.28. The summed E-state index contributed by atoms with van der Waals surface area (Å²) in [7, 11) is 0. The summed E-state index contributed by atoms with van der Waals surface area (Å²) in [6.45, 7) is 7.32. The van der Waals surface area contributed by atoms with Crippen LogP contribution in [-0.4, -0.2) is 40.9 Å². The zero-order valence-electron chi connectivity index (χ0n) is 11.6. The lowest BCUT2D eigenvalue weighted by Crippen LogP contribution is -2.41. The second kappa shape index (κ2) is 7.79. The molecule has 0 aromatic heterocycles. The number of carbonyl (C=O) groups excluding carboxylic acids is 2. The fourth-order valence-electron chi connectivity index (χ4n) is 1.75. The van der Waals surface area contributed by atoms with Crippen molar-refractivity contribution in [3.8, 4) is 0 Å². The van der Waals surface area contributed by atoms with Crippen LogP contribution in [0.1, 0.15) is 24.1 Å². The molecule has 1 atom stereocenters. The van der Waals surface area contributed by atoms with Crippen LogP contribution in [0.3, 0.4) is 0 Å². The molecule has 1 unspecified atom stereocenters. The average Bonchev–Trinajstić information content (AvgIpc) is 2.45. The van der Waals surface area contributed by atoms with Crippen LogP contribution in [-0.2, 0) is 4.79 Å². The average molecular weight is 340 g/mol. The van der Waals surface area contributed by atoms with Gasteiger partial charge in [-0.15, -0.1) is 0 Å². The summed E-state index contributed by atoms with van der Waals surface area (Å²) in [6, 6.07) is 7.23. The van der Waals surface area contributed by atoms with E-state index in [1.807, 2.05) is 38.1 Å². The Morgan fingerprint density at radius 2 is 2.05 bits per heavy atom. The Labute approximate surface area is 127 Å². The molecule has 0 fully saturated rings. The Morgan fingerprint density at radius 1 is 1.45 bits per heavy atom. The first kappa shape index (κ1) is 16.4. The fraction of sp³-hybridized carbons (Fsp3) is 0.357. The number of alkyl halides is 1. The van der Waals surface area contributed by atoms with Crippen molar-refractivity contribution in [2.75, 3.05) is 12.0 Å². The molecule has 1 aromatic rings. The van der Waals surface area contributed by atoms with Gasteiger partial charge in [-0.1, -0.05) is 45.8 Å². The van der Waals surface area contributed by atoms with Gasteiger partial charge in [0.05, 0.1) is 18.0 Å². The molecule has 0 saturated carbocycles. The number of urea groups is 1. The summed E-state index contributed by atoms with van der Waals surface area (Å²) in [4.78, 5) is 24.2. The molecule has 0 N–H and O–H groups in total. The van der Waals surface area contributed by atoms with E-state index in [-0.39, 0.29) is 24.1 Å². The van der Waals surface area contributed by atoms with Crippen molar-refractivity contribution in [3.05, 3.63) is 35.4 Å². The van der Waals surface area contributed by atoms with Crippen molar-refractivity contribution >= 4 is 35.0 Å². The fourth-order valence-corrected chi connectivity index (χ4v) is 2.17. The predicted molar refractivity (Wildman–Crippen MR) is 82.9 cm³/mol. The maximum atomic E-state index is 12.3. The van der Waals surface area contributed by atoms with Crippen molar-refractivity contribution < 1.29 is 9.59 Å². The standard InChI is InChI=1S/C14H18BrN3O2/c1-11-4-6-13(7-5-11)12(2)18(16-3)14(20)17(10-15)8-9-19/h4-7,9,12H,3,8,10H2,1-2H3. The van der Waals surface area contributed by atoms with Crippen LogP contribution >= 0.6 is 15.9 Å². The summed E-state index contributed by atoms with van der Waals surface area (Å²) in [5.74, 6) is 0. The molecular formula is C14H18BrN3O2. The molecule has 0 radical (unpaired) electrons. The minimum atomic E-state index is -0.364. The van der Waals surface area contributed by atoms with E-state index < -0.39 is 0 Å². The third-order valence-corrected chi connectivity index (χ3v) is 3.59. The van der Waals surface area contributed by atoms with Gasteiger partial charge in [0, 0.05) is 6.72 Å². The summed E-state index contributed by atoms with van der Waals surface area (Å²) in [5, 5.41) is 5.07. The molecule has 20 heavy (non-hydrogen) atoms. The number of amides is 2. The molecule has 0 aliphatic heterocycles. The SMILES string of the molecule is C=NN(C(=O)N(CBr)CC=O)C(C)c1ccc(C)cc1. The highest BCUT2D eigenvalue weighted by molar-refractivity contribution is 9.09. The maximum Gasteiger partial charge on any atom is 0.342 e. The highest BCUT2D eigenvalue weighted by atomic mass is 79.9. The van der Waals surface area contributed by atoms with E-state index in [4.69, 9.17) is 0 Å². The predicted octanol–water partition coefficient (Wildman–Crippen LogP) is 2.95. The summed E-state index contributed by atoms with van der Waals surface area (Å²) >= 11 is 3.19. The number of rotatable bonds is 6. The van der Waals surface area contributed by atoms with Gasteiger partial charge in [0.2, 0.25) is 0 Å². The number of hydrogen-bond donors (Lipinski definition) is 0. The van der Waals surface area contributed by atoms with Crippen LogP contribution in [0.2, 0.25) is 0 Å². The van der Waals surface area contributed by atoms with E-state index in [0.29, 0.717) is 6.29 Å². The number of benzene rings is 1. The van der Waals surface area contributed by atoms with Crippen LogP contribution in [0.5, 0.6) is 0 Å². The van der Waals surface area contributed by atoms with Gasteiger partial charge in [-0.2, -0.15) is 5.10 Å². The van der Waals surface area contributed by atoms with Crippen LogP contribution < -0.4 is 0 Å². The summed E-state index contributed by atoms with van der Waals surface area (Å²) < 4.78 is 0. The van der Waals surface area contributed by atoms with E-state index in [2.05, 4.69) is 27.7 Å². The van der Waals surface area contributed by atoms with E-state index >= 15 is 0 Å². The Bertz CT molecular complexity index is 476. The van der Waals surface area contributed by atoms with Crippen molar-refractivity contribution in [2.24, 2.45) is 5.10 Å². The summed E-state index contributed by atoms with van der Waals surface area (Å²) in [6.07, 6.45) is 0.678. The normalized spacial score (nSPS) is 11.6. The van der Waals surface area contributed by atoms with E-state index in [0.717, 1.165) is 11.1 Å². The molecule has 2 amide bonds. The monoisotopic (exact) mass is 339 g/mol. The zero-order valence-corrected chi connectivity index (χ0v) is 13.2. The summed E-state index contributed by atoms with van der Waals surface area (Å²) in [5.41, 5.74) is 2.36. The molecule has 0 aliphatic rings. The van der Waals surface area contributed by atoms with Crippen molar-refractivity contribution in [2.45, 2.75) is 19.9 Å². The number of carbonyl (C=O) groups is 2. The molecule has 0 saturated heterocycles. The Kier molecular flexibility index (Phi) is 6.38. The molecule has 0 aliphatic carbocycles. The maximum absolute atomic E-state index is 12.3. The van der Waals surface area contributed by atoms with Crippen molar-refractivity contribution in [1.82, 2.24) is 9.91 Å². The lowest BCUT2D eigenvalue weighted by atomic mass is 10.1. The third kappa shape index (κ3) is 3.90. The number of aryl methyl sites for hydroxylation is 1. The number of aldehydes is 1. The second-order valence-corrected chi connectivity index (χ2v) is 4.87. The first-order valence-electron chi connectivity index (χ1n) is 6.16. The second-order valence-electron chi connectivity index (χ2n) is 4.36. The highest BCUT2D eigenvalue weighted by Gasteiger charge is 2.24. The minimum absolute atomic E-state index is 0.0106. The Morgan fingerprint density at radius 3 is 2.50 bits per heavy atom.